The molecule has 0 atom stereocenters. The average molecular weight is 426 g/mol. The van der Waals surface area contributed by atoms with Gasteiger partial charge in [0.15, 0.2) is 5.13 Å². The summed E-state index contributed by atoms with van der Waals surface area (Å²) in [6, 6.07) is 10.8. The maximum atomic E-state index is 12.1. The Morgan fingerprint density at radius 3 is 2.70 bits per heavy atom. The third-order valence-electron chi connectivity index (χ3n) is 4.34. The Kier molecular flexibility index (Phi) is 7.34. The molecule has 2 heterocycles. The molecular weight excluding hydrogens is 404 g/mol. The number of nitrogens with one attached hydrogen (secondary N) is 3. The lowest BCUT2D eigenvalue weighted by Gasteiger charge is -2.06. The summed E-state index contributed by atoms with van der Waals surface area (Å²) >= 11 is 1.25. The first-order valence-electron chi connectivity index (χ1n) is 9.38. The van der Waals surface area contributed by atoms with Crippen LogP contribution in [-0.2, 0) is 17.6 Å². The highest BCUT2D eigenvalue weighted by Crippen LogP contribution is 2.17. The minimum absolute atomic E-state index is 0.0190. The van der Waals surface area contributed by atoms with Crippen LogP contribution in [0.4, 0.5) is 5.13 Å². The predicted molar refractivity (Wildman–Crippen MR) is 115 cm³/mol. The fourth-order valence-corrected chi connectivity index (χ4v) is 3.45. The van der Waals surface area contributed by atoms with E-state index in [1.807, 2.05) is 24.3 Å². The molecule has 9 heteroatoms. The Morgan fingerprint density at radius 1 is 1.17 bits per heavy atom. The van der Waals surface area contributed by atoms with Gasteiger partial charge in [-0.2, -0.15) is 0 Å². The van der Waals surface area contributed by atoms with Crippen LogP contribution in [-0.4, -0.2) is 35.4 Å². The van der Waals surface area contributed by atoms with E-state index in [1.54, 1.807) is 18.6 Å². The van der Waals surface area contributed by atoms with E-state index in [0.29, 0.717) is 30.2 Å². The fourth-order valence-electron chi connectivity index (χ4n) is 2.71. The average Bonchev–Trinajstić information content (AvgIpc) is 3.20. The third kappa shape index (κ3) is 6.02. The fraction of sp³-hybridized carbons (Fsp3) is 0.238. The van der Waals surface area contributed by atoms with Gasteiger partial charge in [-0.15, -0.1) is 11.3 Å². The second kappa shape index (κ2) is 10.4. The van der Waals surface area contributed by atoms with Crippen molar-refractivity contribution in [3.05, 3.63) is 75.1 Å². The molecule has 2 aromatic heterocycles. The van der Waals surface area contributed by atoms with Crippen LogP contribution in [0.5, 0.6) is 5.75 Å². The standard InChI is InChI=1S/C21H22N4O4S/c1-29-16-7-4-14(5-8-16)10-12-22-18(26)9-6-15-13-30-21(24-15)25-20(28)17-3-2-11-23-19(17)27/h2-5,7-8,11,13H,6,9-10,12H2,1H3,(H,22,26)(H,23,27)(H,24,25,28). The van der Waals surface area contributed by atoms with E-state index in [0.717, 1.165) is 17.7 Å². The zero-order chi connectivity index (χ0) is 21.3. The number of aromatic nitrogens is 2. The van der Waals surface area contributed by atoms with Crippen molar-refractivity contribution >= 4 is 28.3 Å². The molecular formula is C21H22N4O4S. The van der Waals surface area contributed by atoms with Gasteiger partial charge in [0.25, 0.3) is 11.5 Å². The maximum Gasteiger partial charge on any atom is 0.263 e. The molecule has 3 rings (SSSR count). The Bertz CT molecular complexity index is 1060. The van der Waals surface area contributed by atoms with E-state index in [1.165, 1.54) is 23.6 Å². The number of aryl methyl sites for hydroxylation is 1. The molecule has 0 radical (unpaired) electrons. The number of carbonyl (C=O) groups excluding carboxylic acids is 2. The number of thiazole rings is 1. The Labute approximate surface area is 177 Å². The summed E-state index contributed by atoms with van der Waals surface area (Å²) in [5.74, 6) is 0.226. The number of aromatic amines is 1. The van der Waals surface area contributed by atoms with Crippen molar-refractivity contribution < 1.29 is 14.3 Å². The summed E-state index contributed by atoms with van der Waals surface area (Å²) in [6.45, 7) is 0.551. The van der Waals surface area contributed by atoms with Gasteiger partial charge in [0, 0.05) is 24.5 Å². The molecule has 0 bridgehead atoms. The molecule has 0 aliphatic carbocycles. The van der Waals surface area contributed by atoms with Crippen molar-refractivity contribution in [2.24, 2.45) is 0 Å². The van der Waals surface area contributed by atoms with Crippen LogP contribution in [0, 0.1) is 0 Å². The molecule has 3 aromatic rings. The van der Waals surface area contributed by atoms with Crippen LogP contribution in [0.15, 0.2) is 52.8 Å². The first kappa shape index (κ1) is 21.3. The number of nitrogens with zero attached hydrogens (tertiary/aromatic N) is 1. The van der Waals surface area contributed by atoms with Gasteiger partial charge in [-0.05, 0) is 42.7 Å². The number of H-pyrrole nitrogens is 1. The molecule has 1 aromatic carbocycles. The summed E-state index contributed by atoms with van der Waals surface area (Å²) in [4.78, 5) is 42.6. The first-order valence-corrected chi connectivity index (χ1v) is 10.3. The first-order chi connectivity index (χ1) is 14.5. The van der Waals surface area contributed by atoms with Gasteiger partial charge in [-0.25, -0.2) is 4.98 Å². The van der Waals surface area contributed by atoms with E-state index in [-0.39, 0.29) is 11.5 Å². The lowest BCUT2D eigenvalue weighted by molar-refractivity contribution is -0.121. The number of anilines is 1. The minimum Gasteiger partial charge on any atom is -0.497 e. The molecule has 0 saturated heterocycles. The summed E-state index contributed by atoms with van der Waals surface area (Å²) in [6.07, 6.45) is 2.97. The number of pyridine rings is 1. The van der Waals surface area contributed by atoms with E-state index in [2.05, 4.69) is 20.6 Å². The molecule has 30 heavy (non-hydrogen) atoms. The highest BCUT2D eigenvalue weighted by Gasteiger charge is 2.12. The number of benzene rings is 1. The predicted octanol–water partition coefficient (Wildman–Crippen LogP) is 2.38. The number of rotatable bonds is 9. The topological polar surface area (TPSA) is 113 Å². The molecule has 0 unspecified atom stereocenters. The minimum atomic E-state index is -0.519. The number of amides is 2. The number of hydrogen-bond donors (Lipinski definition) is 3. The van der Waals surface area contributed by atoms with Crippen molar-refractivity contribution in [1.29, 1.82) is 0 Å². The summed E-state index contributed by atoms with van der Waals surface area (Å²) in [5, 5.41) is 7.68. The molecule has 156 valence electrons. The quantitative estimate of drug-likeness (QED) is 0.486. The molecule has 0 spiro atoms. The summed E-state index contributed by atoms with van der Waals surface area (Å²) < 4.78 is 5.12. The monoisotopic (exact) mass is 426 g/mol. The van der Waals surface area contributed by atoms with Gasteiger partial charge < -0.3 is 15.0 Å². The van der Waals surface area contributed by atoms with Crippen molar-refractivity contribution in [3.8, 4) is 5.75 Å². The second-order valence-corrected chi connectivity index (χ2v) is 7.32. The van der Waals surface area contributed by atoms with Gasteiger partial charge in [0.2, 0.25) is 5.91 Å². The molecule has 3 N–H and O–H groups in total. The van der Waals surface area contributed by atoms with Crippen molar-refractivity contribution in [2.45, 2.75) is 19.3 Å². The number of ether oxygens (including phenoxy) is 1. The number of methoxy groups -OCH3 is 1. The van der Waals surface area contributed by atoms with Gasteiger partial charge in [0.05, 0.1) is 12.8 Å². The normalized spacial score (nSPS) is 10.4. The lowest BCUT2D eigenvalue weighted by atomic mass is 10.1. The Balaban J connectivity index is 1.41. The zero-order valence-electron chi connectivity index (χ0n) is 16.4. The number of hydrogen-bond acceptors (Lipinski definition) is 6. The van der Waals surface area contributed by atoms with Crippen LogP contribution >= 0.6 is 11.3 Å². The van der Waals surface area contributed by atoms with Crippen LogP contribution in [0.2, 0.25) is 0 Å². The Hall–Kier alpha value is -3.46. The highest BCUT2D eigenvalue weighted by atomic mass is 32.1. The molecule has 0 fully saturated rings. The number of carbonyl (C=O) groups is 2. The van der Waals surface area contributed by atoms with Gasteiger partial charge in [0.1, 0.15) is 11.3 Å². The molecule has 0 aliphatic rings. The van der Waals surface area contributed by atoms with Crippen LogP contribution in [0.3, 0.4) is 0 Å². The summed E-state index contributed by atoms with van der Waals surface area (Å²) in [5.41, 5.74) is 1.39. The highest BCUT2D eigenvalue weighted by molar-refractivity contribution is 7.14. The molecule has 0 aliphatic heterocycles. The maximum absolute atomic E-state index is 12.1. The van der Waals surface area contributed by atoms with Crippen LogP contribution in [0.1, 0.15) is 28.0 Å². The van der Waals surface area contributed by atoms with Crippen molar-refractivity contribution in [1.82, 2.24) is 15.3 Å². The van der Waals surface area contributed by atoms with Gasteiger partial charge in [-0.1, -0.05) is 12.1 Å². The van der Waals surface area contributed by atoms with Gasteiger partial charge >= 0.3 is 0 Å². The lowest BCUT2D eigenvalue weighted by Crippen LogP contribution is -2.25. The third-order valence-corrected chi connectivity index (χ3v) is 5.14. The summed E-state index contributed by atoms with van der Waals surface area (Å²) in [7, 11) is 1.62. The van der Waals surface area contributed by atoms with Crippen LogP contribution < -0.4 is 20.9 Å². The smallest absolute Gasteiger partial charge is 0.263 e. The Morgan fingerprint density at radius 2 is 1.97 bits per heavy atom. The van der Waals surface area contributed by atoms with Crippen molar-refractivity contribution in [3.63, 3.8) is 0 Å². The van der Waals surface area contributed by atoms with E-state index >= 15 is 0 Å². The van der Waals surface area contributed by atoms with E-state index < -0.39 is 11.5 Å². The molecule has 2 amide bonds. The van der Waals surface area contributed by atoms with Crippen molar-refractivity contribution in [2.75, 3.05) is 19.0 Å². The molecule has 8 nitrogen and oxygen atoms in total. The van der Waals surface area contributed by atoms with Crippen LogP contribution in [0.25, 0.3) is 0 Å². The second-order valence-electron chi connectivity index (χ2n) is 6.46. The van der Waals surface area contributed by atoms with E-state index in [4.69, 9.17) is 4.74 Å². The van der Waals surface area contributed by atoms with Gasteiger partial charge in [-0.3, -0.25) is 19.7 Å². The zero-order valence-corrected chi connectivity index (χ0v) is 17.3. The van der Waals surface area contributed by atoms with E-state index in [9.17, 15) is 14.4 Å². The SMILES string of the molecule is COc1ccc(CCNC(=O)CCc2csc(NC(=O)c3ccc[nH]c3=O)n2)cc1. The largest absolute Gasteiger partial charge is 0.497 e. The molecule has 0 saturated carbocycles.